The number of para-hydroxylation sites is 1. The van der Waals surface area contributed by atoms with E-state index in [0.29, 0.717) is 23.6 Å². The number of hydrogen-bond donors (Lipinski definition) is 1. The van der Waals surface area contributed by atoms with Crippen LogP contribution in [0.25, 0.3) is 38.8 Å². The summed E-state index contributed by atoms with van der Waals surface area (Å²) in [6.45, 7) is 15.4. The molecule has 0 radical (unpaired) electrons. The molecule has 204 valence electrons. The van der Waals surface area contributed by atoms with Gasteiger partial charge in [0.15, 0.2) is 0 Å². The van der Waals surface area contributed by atoms with E-state index in [1.54, 1.807) is 6.07 Å². The number of aromatic nitrogens is 2. The second-order valence-electron chi connectivity index (χ2n) is 12.1. The van der Waals surface area contributed by atoms with Crippen molar-refractivity contribution in [3.05, 3.63) is 65.9 Å². The number of benzene rings is 2. The van der Waals surface area contributed by atoms with E-state index in [-0.39, 0.29) is 0 Å². The second-order valence-corrected chi connectivity index (χ2v) is 12.1. The summed E-state index contributed by atoms with van der Waals surface area (Å²) >= 11 is 0. The molecule has 0 atom stereocenters. The van der Waals surface area contributed by atoms with Gasteiger partial charge in [-0.3, -0.25) is 0 Å². The molecule has 0 bridgehead atoms. The Balaban J connectivity index is 1.64. The van der Waals surface area contributed by atoms with Crippen LogP contribution in [0.1, 0.15) is 93.6 Å². The second kappa shape index (κ2) is 9.93. The van der Waals surface area contributed by atoms with Crippen LogP contribution in [0.15, 0.2) is 49.2 Å². The minimum Gasteiger partial charge on any atom is -0.478 e. The largest absolute Gasteiger partial charge is 0.478 e. The van der Waals surface area contributed by atoms with Gasteiger partial charge in [-0.05, 0) is 70.6 Å². The maximum absolute atomic E-state index is 12.0. The SMILES string of the molecule is C=C(c1cn2c3c(cccc13)-c1c(C3CCCCC3)c3ccc(C(=O)O)cc3n1CCC2)N(C(C)C)C(C)C. The van der Waals surface area contributed by atoms with Crippen LogP contribution in [0.3, 0.4) is 0 Å². The van der Waals surface area contributed by atoms with Crippen molar-refractivity contribution < 1.29 is 9.90 Å². The molecule has 1 N–H and O–H groups in total. The van der Waals surface area contributed by atoms with Crippen molar-refractivity contribution in [2.24, 2.45) is 0 Å². The van der Waals surface area contributed by atoms with Crippen LogP contribution in [0, 0.1) is 0 Å². The summed E-state index contributed by atoms with van der Waals surface area (Å²) in [5.41, 5.74) is 8.99. The first kappa shape index (κ1) is 25.8. The Hall–Kier alpha value is -3.47. The fourth-order valence-corrected chi connectivity index (χ4v) is 7.55. The number of carbonyl (C=O) groups is 1. The summed E-state index contributed by atoms with van der Waals surface area (Å²) in [6.07, 6.45) is 9.53. The Morgan fingerprint density at radius 2 is 1.72 bits per heavy atom. The third-order valence-corrected chi connectivity index (χ3v) is 9.03. The molecule has 0 unspecified atom stereocenters. The van der Waals surface area contributed by atoms with Gasteiger partial charge < -0.3 is 19.1 Å². The average Bonchev–Trinajstić information content (AvgIpc) is 3.43. The average molecular weight is 524 g/mol. The first-order chi connectivity index (χ1) is 18.8. The topological polar surface area (TPSA) is 50.4 Å². The minimum atomic E-state index is -0.864. The number of fused-ring (bicyclic) bond motifs is 4. The van der Waals surface area contributed by atoms with Crippen molar-refractivity contribution in [1.29, 1.82) is 0 Å². The van der Waals surface area contributed by atoms with Gasteiger partial charge in [0.25, 0.3) is 0 Å². The lowest BCUT2D eigenvalue weighted by molar-refractivity contribution is 0.0697. The molecule has 1 aliphatic heterocycles. The Morgan fingerprint density at radius 1 is 0.974 bits per heavy atom. The molecule has 2 aromatic carbocycles. The van der Waals surface area contributed by atoms with Crippen molar-refractivity contribution in [2.75, 3.05) is 0 Å². The van der Waals surface area contributed by atoms with Gasteiger partial charge in [-0.15, -0.1) is 0 Å². The molecule has 0 spiro atoms. The summed E-state index contributed by atoms with van der Waals surface area (Å²) in [6, 6.07) is 13.2. The van der Waals surface area contributed by atoms with Gasteiger partial charge in [0.05, 0.1) is 16.8 Å². The van der Waals surface area contributed by atoms with Crippen LogP contribution in [0.2, 0.25) is 0 Å². The van der Waals surface area contributed by atoms with Crippen LogP contribution in [-0.2, 0) is 13.1 Å². The first-order valence-electron chi connectivity index (χ1n) is 14.8. The van der Waals surface area contributed by atoms with Crippen molar-refractivity contribution >= 4 is 33.5 Å². The van der Waals surface area contributed by atoms with E-state index < -0.39 is 5.97 Å². The Labute approximate surface area is 231 Å². The Kier molecular flexibility index (Phi) is 6.57. The highest BCUT2D eigenvalue weighted by atomic mass is 16.4. The highest BCUT2D eigenvalue weighted by molar-refractivity contribution is 6.05. The number of carboxylic acids is 1. The quantitative estimate of drug-likeness (QED) is 0.276. The maximum atomic E-state index is 12.0. The summed E-state index contributed by atoms with van der Waals surface area (Å²) < 4.78 is 4.90. The molecule has 3 heterocycles. The molecule has 1 fully saturated rings. The molecular weight excluding hydrogens is 482 g/mol. The molecule has 0 amide bonds. The highest BCUT2D eigenvalue weighted by Gasteiger charge is 2.30. The molecule has 0 saturated heterocycles. The molecule has 2 aliphatic rings. The van der Waals surface area contributed by atoms with Crippen molar-refractivity contribution in [3.63, 3.8) is 0 Å². The zero-order chi connectivity index (χ0) is 27.4. The maximum Gasteiger partial charge on any atom is 0.335 e. The van der Waals surface area contributed by atoms with Crippen LogP contribution < -0.4 is 0 Å². The standard InChI is InChI=1S/C34H41N3O2/c1-21(2)37(22(3)4)23(5)29-20-35-17-10-18-36-30-19-25(34(38)39)15-16-27(30)31(24-11-7-6-8-12-24)33(36)28-14-9-13-26(29)32(28)35/h9,13-16,19-22,24H,5-8,10-12,17-18H2,1-4H3,(H,38,39). The zero-order valence-corrected chi connectivity index (χ0v) is 23.8. The van der Waals surface area contributed by atoms with Gasteiger partial charge in [0.1, 0.15) is 0 Å². The van der Waals surface area contributed by atoms with Gasteiger partial charge in [0.2, 0.25) is 0 Å². The van der Waals surface area contributed by atoms with E-state index in [1.165, 1.54) is 70.8 Å². The molecule has 6 rings (SSSR count). The molecule has 39 heavy (non-hydrogen) atoms. The summed E-state index contributed by atoms with van der Waals surface area (Å²) in [4.78, 5) is 14.4. The molecule has 4 aromatic rings. The lowest BCUT2D eigenvalue weighted by atomic mass is 9.81. The summed E-state index contributed by atoms with van der Waals surface area (Å²) in [7, 11) is 0. The number of nitrogens with zero attached hydrogens (tertiary/aromatic N) is 3. The molecule has 5 heteroatoms. The smallest absolute Gasteiger partial charge is 0.335 e. The number of carboxylic acid groups (broad SMARTS) is 1. The Bertz CT molecular complexity index is 1570. The lowest BCUT2D eigenvalue weighted by Crippen LogP contribution is -2.35. The van der Waals surface area contributed by atoms with Crippen LogP contribution in [-0.4, -0.2) is 37.2 Å². The van der Waals surface area contributed by atoms with E-state index in [2.05, 4.69) is 78.8 Å². The fraction of sp³-hybridized carbons (Fsp3) is 0.441. The molecule has 1 aliphatic carbocycles. The van der Waals surface area contributed by atoms with Crippen LogP contribution >= 0.6 is 0 Å². The van der Waals surface area contributed by atoms with Gasteiger partial charge in [-0.25, -0.2) is 4.79 Å². The number of aromatic carboxylic acids is 1. The van der Waals surface area contributed by atoms with Crippen LogP contribution in [0.5, 0.6) is 0 Å². The zero-order valence-electron chi connectivity index (χ0n) is 23.8. The van der Waals surface area contributed by atoms with Gasteiger partial charge in [-0.2, -0.15) is 0 Å². The van der Waals surface area contributed by atoms with Gasteiger partial charge in [0, 0.05) is 64.5 Å². The highest BCUT2D eigenvalue weighted by Crippen LogP contribution is 2.47. The van der Waals surface area contributed by atoms with Gasteiger partial charge >= 0.3 is 5.97 Å². The van der Waals surface area contributed by atoms with E-state index in [9.17, 15) is 9.90 Å². The molecule has 2 aromatic heterocycles. The molecule has 5 nitrogen and oxygen atoms in total. The Morgan fingerprint density at radius 3 is 2.41 bits per heavy atom. The molecular formula is C34H41N3O2. The van der Waals surface area contributed by atoms with E-state index in [0.717, 1.165) is 30.7 Å². The van der Waals surface area contributed by atoms with Crippen molar-refractivity contribution in [1.82, 2.24) is 14.0 Å². The molecule has 1 saturated carbocycles. The monoisotopic (exact) mass is 523 g/mol. The van der Waals surface area contributed by atoms with E-state index in [1.807, 2.05) is 6.07 Å². The number of aryl methyl sites for hydroxylation is 2. The summed E-state index contributed by atoms with van der Waals surface area (Å²) in [5.74, 6) is -0.366. The van der Waals surface area contributed by atoms with E-state index in [4.69, 9.17) is 0 Å². The van der Waals surface area contributed by atoms with E-state index >= 15 is 0 Å². The lowest BCUT2D eigenvalue weighted by Gasteiger charge is -2.34. The fourth-order valence-electron chi connectivity index (χ4n) is 7.55. The predicted octanol–water partition coefficient (Wildman–Crippen LogP) is 8.50. The van der Waals surface area contributed by atoms with Crippen molar-refractivity contribution in [3.8, 4) is 11.3 Å². The summed E-state index contributed by atoms with van der Waals surface area (Å²) in [5, 5.41) is 12.3. The third kappa shape index (κ3) is 4.18. The minimum absolute atomic E-state index is 0.360. The number of rotatable bonds is 6. The van der Waals surface area contributed by atoms with Crippen molar-refractivity contribution in [2.45, 2.75) is 97.3 Å². The third-order valence-electron chi connectivity index (χ3n) is 9.03. The first-order valence-corrected chi connectivity index (χ1v) is 14.8. The number of hydrogen-bond acceptors (Lipinski definition) is 2. The predicted molar refractivity (Wildman–Crippen MR) is 161 cm³/mol. The van der Waals surface area contributed by atoms with Gasteiger partial charge in [-0.1, -0.05) is 50.1 Å². The normalized spacial score (nSPS) is 16.1. The van der Waals surface area contributed by atoms with Crippen LogP contribution in [0.4, 0.5) is 0 Å².